The molecule has 0 unspecified atom stereocenters. The highest BCUT2D eigenvalue weighted by Gasteiger charge is 2.18. The molecular formula is C49H30N2O2. The van der Waals surface area contributed by atoms with Crippen molar-refractivity contribution in [2.45, 2.75) is 0 Å². The molecule has 0 bridgehead atoms. The highest BCUT2D eigenvalue weighted by molar-refractivity contribution is 6.19. The van der Waals surface area contributed by atoms with Crippen LogP contribution in [0.1, 0.15) is 0 Å². The van der Waals surface area contributed by atoms with Gasteiger partial charge in [0.05, 0.1) is 0 Å². The van der Waals surface area contributed by atoms with Gasteiger partial charge in [-0.25, -0.2) is 4.98 Å². The Morgan fingerprint density at radius 1 is 0.377 bits per heavy atom. The van der Waals surface area contributed by atoms with Gasteiger partial charge in [-0.3, -0.25) is 0 Å². The average Bonchev–Trinajstić information content (AvgIpc) is 3.82. The highest BCUT2D eigenvalue weighted by atomic mass is 16.3. The number of para-hydroxylation sites is 1. The second kappa shape index (κ2) is 11.7. The van der Waals surface area contributed by atoms with Gasteiger partial charge < -0.3 is 13.7 Å². The van der Waals surface area contributed by atoms with Crippen LogP contribution in [0.4, 0.5) is 17.1 Å². The molecule has 0 N–H and O–H groups in total. The molecule has 0 fully saturated rings. The fourth-order valence-corrected chi connectivity index (χ4v) is 7.84. The van der Waals surface area contributed by atoms with E-state index in [1.807, 2.05) is 30.3 Å². The monoisotopic (exact) mass is 678 g/mol. The molecule has 0 spiro atoms. The maximum atomic E-state index is 6.55. The van der Waals surface area contributed by atoms with Crippen molar-refractivity contribution in [1.82, 2.24) is 4.98 Å². The van der Waals surface area contributed by atoms with Gasteiger partial charge in [0, 0.05) is 38.8 Å². The summed E-state index contributed by atoms with van der Waals surface area (Å²) in [6.45, 7) is 0. The predicted octanol–water partition coefficient (Wildman–Crippen LogP) is 14.0. The summed E-state index contributed by atoms with van der Waals surface area (Å²) in [5.74, 6) is 0.624. The highest BCUT2D eigenvalue weighted by Crippen LogP contribution is 2.42. The molecular weight excluding hydrogens is 649 g/mol. The van der Waals surface area contributed by atoms with Crippen molar-refractivity contribution in [2.75, 3.05) is 4.90 Å². The summed E-state index contributed by atoms with van der Waals surface area (Å²) in [6, 6.07) is 64.0. The number of hydrogen-bond acceptors (Lipinski definition) is 4. The van der Waals surface area contributed by atoms with Crippen LogP contribution < -0.4 is 4.90 Å². The first-order valence-electron chi connectivity index (χ1n) is 17.9. The summed E-state index contributed by atoms with van der Waals surface area (Å²) < 4.78 is 12.9. The second-order valence-electron chi connectivity index (χ2n) is 13.6. The first kappa shape index (κ1) is 29.5. The van der Waals surface area contributed by atoms with E-state index in [1.54, 1.807) is 0 Å². The molecule has 0 aliphatic rings. The van der Waals surface area contributed by atoms with Gasteiger partial charge in [-0.15, -0.1) is 0 Å². The SMILES string of the molecule is c1ccc(-c2nc3ccc4ccc5ccc(N(c6ccccc6)c6cccc(-c7ccc8oc9cc%10ccccc%10cc9c8c7)c6)cc5c4c3o2)cc1. The van der Waals surface area contributed by atoms with Crippen LogP contribution >= 0.6 is 0 Å². The van der Waals surface area contributed by atoms with E-state index in [2.05, 4.69) is 157 Å². The predicted molar refractivity (Wildman–Crippen MR) is 219 cm³/mol. The largest absolute Gasteiger partial charge is 0.456 e. The van der Waals surface area contributed by atoms with Gasteiger partial charge in [-0.2, -0.15) is 0 Å². The van der Waals surface area contributed by atoms with Crippen molar-refractivity contribution >= 4 is 82.4 Å². The van der Waals surface area contributed by atoms with Gasteiger partial charge in [-0.05, 0) is 117 Å². The molecule has 11 aromatic rings. The van der Waals surface area contributed by atoms with Gasteiger partial charge in [0.1, 0.15) is 16.7 Å². The van der Waals surface area contributed by atoms with Gasteiger partial charge in [0.25, 0.3) is 0 Å². The fraction of sp³-hybridized carbons (Fsp3) is 0. The maximum Gasteiger partial charge on any atom is 0.227 e. The molecule has 0 saturated carbocycles. The standard InChI is InChI=1S/C49H30N2O2/c1-3-10-33(11-4-1)49-50-44-24-21-32-19-18-31-20-23-40(30-41(31)47(32)48(44)53-49)51(38-15-5-2-6-16-38)39-17-9-14-34(26-39)37-22-25-45-42(28-37)43-27-35-12-7-8-13-36(35)29-46(43)52-45/h1-30H. The van der Waals surface area contributed by atoms with Crippen molar-refractivity contribution in [3.05, 3.63) is 182 Å². The lowest BCUT2D eigenvalue weighted by molar-refractivity contribution is 0.623. The number of benzene rings is 9. The summed E-state index contributed by atoms with van der Waals surface area (Å²) in [4.78, 5) is 7.22. The molecule has 11 rings (SSSR count). The number of rotatable bonds is 5. The van der Waals surface area contributed by atoms with Crippen LogP contribution in [0.25, 0.3) is 87.9 Å². The number of anilines is 3. The Kier molecular flexibility index (Phi) is 6.52. The van der Waals surface area contributed by atoms with Crippen molar-refractivity contribution in [1.29, 1.82) is 0 Å². The number of nitrogens with zero attached hydrogens (tertiary/aromatic N) is 2. The molecule has 4 heteroatoms. The van der Waals surface area contributed by atoms with E-state index in [9.17, 15) is 0 Å². The maximum absolute atomic E-state index is 6.55. The molecule has 4 nitrogen and oxygen atoms in total. The van der Waals surface area contributed by atoms with Crippen LogP contribution in [0.5, 0.6) is 0 Å². The van der Waals surface area contributed by atoms with Crippen molar-refractivity contribution in [3.63, 3.8) is 0 Å². The average molecular weight is 679 g/mol. The Bertz CT molecular complexity index is 3180. The normalized spacial score (nSPS) is 11.8. The third-order valence-electron chi connectivity index (χ3n) is 10.4. The van der Waals surface area contributed by atoms with Crippen LogP contribution in [0.2, 0.25) is 0 Å². The zero-order chi connectivity index (χ0) is 34.9. The summed E-state index contributed by atoms with van der Waals surface area (Å²) in [5, 5.41) is 9.05. The topological polar surface area (TPSA) is 42.4 Å². The van der Waals surface area contributed by atoms with E-state index in [0.29, 0.717) is 5.89 Å². The molecule has 0 amide bonds. The molecule has 0 aliphatic carbocycles. The summed E-state index contributed by atoms with van der Waals surface area (Å²) >= 11 is 0. The Balaban J connectivity index is 1.07. The summed E-state index contributed by atoms with van der Waals surface area (Å²) in [7, 11) is 0. The van der Waals surface area contributed by atoms with Crippen LogP contribution in [0, 0.1) is 0 Å². The molecule has 0 radical (unpaired) electrons. The quantitative estimate of drug-likeness (QED) is 0.170. The molecule has 2 heterocycles. The minimum atomic E-state index is 0.624. The zero-order valence-corrected chi connectivity index (χ0v) is 28.5. The zero-order valence-electron chi connectivity index (χ0n) is 28.5. The lowest BCUT2D eigenvalue weighted by atomic mass is 9.99. The Morgan fingerprint density at radius 3 is 1.91 bits per heavy atom. The molecule has 248 valence electrons. The van der Waals surface area contributed by atoms with E-state index in [0.717, 1.165) is 88.3 Å². The molecule has 53 heavy (non-hydrogen) atoms. The van der Waals surface area contributed by atoms with Crippen molar-refractivity contribution < 1.29 is 8.83 Å². The van der Waals surface area contributed by atoms with Gasteiger partial charge >= 0.3 is 0 Å². The molecule has 2 aromatic heterocycles. The van der Waals surface area contributed by atoms with E-state index < -0.39 is 0 Å². The van der Waals surface area contributed by atoms with Gasteiger partial charge in [-0.1, -0.05) is 103 Å². The summed E-state index contributed by atoms with van der Waals surface area (Å²) in [5.41, 5.74) is 9.85. The number of oxazole rings is 1. The van der Waals surface area contributed by atoms with Gasteiger partial charge in [0.2, 0.25) is 5.89 Å². The first-order chi connectivity index (χ1) is 26.2. The second-order valence-corrected chi connectivity index (χ2v) is 13.6. The number of hydrogen-bond donors (Lipinski definition) is 0. The minimum Gasteiger partial charge on any atom is -0.456 e. The Labute approximate surface area is 304 Å². The van der Waals surface area contributed by atoms with Crippen LogP contribution in [-0.4, -0.2) is 4.98 Å². The van der Waals surface area contributed by atoms with E-state index in [-0.39, 0.29) is 0 Å². The van der Waals surface area contributed by atoms with E-state index in [4.69, 9.17) is 13.8 Å². The molecule has 0 aliphatic heterocycles. The third kappa shape index (κ3) is 4.88. The lowest BCUT2D eigenvalue weighted by Gasteiger charge is -2.26. The number of fused-ring (bicyclic) bond motifs is 9. The van der Waals surface area contributed by atoms with Crippen LogP contribution in [0.15, 0.2) is 191 Å². The van der Waals surface area contributed by atoms with E-state index in [1.165, 1.54) is 10.8 Å². The smallest absolute Gasteiger partial charge is 0.227 e. The van der Waals surface area contributed by atoms with Gasteiger partial charge in [0.15, 0.2) is 5.58 Å². The fourth-order valence-electron chi connectivity index (χ4n) is 7.84. The first-order valence-corrected chi connectivity index (χ1v) is 17.9. The van der Waals surface area contributed by atoms with Crippen molar-refractivity contribution in [2.24, 2.45) is 0 Å². The number of furan rings is 1. The van der Waals surface area contributed by atoms with Crippen LogP contribution in [-0.2, 0) is 0 Å². The van der Waals surface area contributed by atoms with E-state index >= 15 is 0 Å². The molecule has 0 atom stereocenters. The molecule has 9 aromatic carbocycles. The number of aromatic nitrogens is 1. The van der Waals surface area contributed by atoms with Crippen molar-refractivity contribution in [3.8, 4) is 22.6 Å². The lowest BCUT2D eigenvalue weighted by Crippen LogP contribution is -2.09. The third-order valence-corrected chi connectivity index (χ3v) is 10.4. The minimum absolute atomic E-state index is 0.624. The Morgan fingerprint density at radius 2 is 1.04 bits per heavy atom. The molecule has 0 saturated heterocycles. The van der Waals surface area contributed by atoms with Crippen LogP contribution in [0.3, 0.4) is 0 Å². The Hall–Kier alpha value is -7.17. The summed E-state index contributed by atoms with van der Waals surface area (Å²) in [6.07, 6.45) is 0.